The first-order valence-electron chi connectivity index (χ1n) is 2.85. The van der Waals surface area contributed by atoms with Gasteiger partial charge in [0.15, 0.2) is 0 Å². The average Bonchev–Trinajstić information content (AvgIpc) is 1.96. The number of halogens is 4. The first-order chi connectivity index (χ1) is 5.59. The van der Waals surface area contributed by atoms with E-state index in [4.69, 9.17) is 11.6 Å². The largest absolute Gasteiger partial charge is 0.433 e. The lowest BCUT2D eigenvalue weighted by Gasteiger charge is -2.03. The third-order valence-corrected chi connectivity index (χ3v) is 2.13. The van der Waals surface area contributed by atoms with E-state index >= 15 is 0 Å². The summed E-state index contributed by atoms with van der Waals surface area (Å²) >= 11 is 8.53. The fourth-order valence-corrected chi connectivity index (χ4v) is 1.00. The van der Waals surface area contributed by atoms with Crippen LogP contribution in [0.25, 0.3) is 0 Å². The van der Waals surface area contributed by atoms with Crippen LogP contribution in [0.2, 0.25) is 5.15 Å². The maximum absolute atomic E-state index is 11.7. The van der Waals surface area contributed by atoms with Crippen LogP contribution in [0.4, 0.5) is 8.78 Å². The SMILES string of the molecule is FC(F)Oc1cnc(Cl)c(Br)c1. The summed E-state index contributed by atoms with van der Waals surface area (Å²) in [5.41, 5.74) is 0. The molecule has 0 amide bonds. The van der Waals surface area contributed by atoms with Crippen LogP contribution in [-0.4, -0.2) is 11.6 Å². The lowest BCUT2D eigenvalue weighted by atomic mass is 10.5. The molecule has 0 bridgehead atoms. The predicted octanol–water partition coefficient (Wildman–Crippen LogP) is 3.10. The Morgan fingerprint density at radius 1 is 1.58 bits per heavy atom. The van der Waals surface area contributed by atoms with E-state index in [1.807, 2.05) is 0 Å². The van der Waals surface area contributed by atoms with Gasteiger partial charge in [-0.3, -0.25) is 0 Å². The number of rotatable bonds is 2. The van der Waals surface area contributed by atoms with E-state index < -0.39 is 6.61 Å². The number of ether oxygens (including phenoxy) is 1. The van der Waals surface area contributed by atoms with Gasteiger partial charge >= 0.3 is 6.61 Å². The van der Waals surface area contributed by atoms with Crippen molar-refractivity contribution in [3.8, 4) is 5.75 Å². The van der Waals surface area contributed by atoms with Crippen LogP contribution in [0.1, 0.15) is 0 Å². The van der Waals surface area contributed by atoms with E-state index in [2.05, 4.69) is 25.7 Å². The van der Waals surface area contributed by atoms with Gasteiger partial charge in [-0.2, -0.15) is 8.78 Å². The van der Waals surface area contributed by atoms with E-state index in [0.717, 1.165) is 6.20 Å². The lowest BCUT2D eigenvalue weighted by Crippen LogP contribution is -2.02. The molecule has 1 aromatic heterocycles. The standard InChI is InChI=1S/C6H3BrClF2NO/c7-4-1-3(12-6(9)10)2-11-5(4)8/h1-2,6H. The Morgan fingerprint density at radius 2 is 2.25 bits per heavy atom. The minimum absolute atomic E-state index is 0.0266. The summed E-state index contributed by atoms with van der Waals surface area (Å²) in [6.07, 6.45) is 1.12. The van der Waals surface area contributed by atoms with Crippen molar-refractivity contribution >= 4 is 27.5 Å². The predicted molar refractivity (Wildman–Crippen MR) is 43.6 cm³/mol. The zero-order valence-corrected chi connectivity index (χ0v) is 7.94. The molecule has 0 fully saturated rings. The number of alkyl halides is 2. The molecule has 0 unspecified atom stereocenters. The van der Waals surface area contributed by atoms with Gasteiger partial charge in [-0.15, -0.1) is 0 Å². The van der Waals surface area contributed by atoms with E-state index in [1.54, 1.807) is 0 Å². The number of hydrogen-bond donors (Lipinski definition) is 0. The highest BCUT2D eigenvalue weighted by Crippen LogP contribution is 2.24. The van der Waals surface area contributed by atoms with Crippen LogP contribution in [0.15, 0.2) is 16.7 Å². The summed E-state index contributed by atoms with van der Waals surface area (Å²) in [6, 6.07) is 1.32. The fourth-order valence-electron chi connectivity index (χ4n) is 0.571. The van der Waals surface area contributed by atoms with Gasteiger partial charge in [0.2, 0.25) is 0 Å². The number of pyridine rings is 1. The molecule has 0 aromatic carbocycles. The molecule has 0 spiro atoms. The molecule has 12 heavy (non-hydrogen) atoms. The molecular weight excluding hydrogens is 255 g/mol. The maximum atomic E-state index is 11.7. The van der Waals surface area contributed by atoms with Crippen molar-refractivity contribution in [2.45, 2.75) is 6.61 Å². The Hall–Kier alpha value is -0.420. The highest BCUT2D eigenvalue weighted by molar-refractivity contribution is 9.10. The van der Waals surface area contributed by atoms with Crippen molar-refractivity contribution in [1.29, 1.82) is 0 Å². The third kappa shape index (κ3) is 2.57. The summed E-state index contributed by atoms with van der Waals surface area (Å²) in [6.45, 7) is -2.85. The Balaban J connectivity index is 2.82. The Morgan fingerprint density at radius 3 is 2.75 bits per heavy atom. The zero-order chi connectivity index (χ0) is 9.14. The normalized spacial score (nSPS) is 10.4. The molecule has 2 nitrogen and oxygen atoms in total. The molecule has 0 aliphatic rings. The zero-order valence-electron chi connectivity index (χ0n) is 5.60. The molecule has 1 rings (SSSR count). The van der Waals surface area contributed by atoms with Crippen molar-refractivity contribution in [3.63, 3.8) is 0 Å². The smallest absolute Gasteiger partial charge is 0.387 e. The monoisotopic (exact) mass is 257 g/mol. The van der Waals surface area contributed by atoms with Gasteiger partial charge in [0.05, 0.1) is 10.7 Å². The summed E-state index contributed by atoms with van der Waals surface area (Å²) in [7, 11) is 0. The maximum Gasteiger partial charge on any atom is 0.387 e. The second kappa shape index (κ2) is 4.00. The highest BCUT2D eigenvalue weighted by atomic mass is 79.9. The van der Waals surface area contributed by atoms with Crippen LogP contribution in [0.3, 0.4) is 0 Å². The lowest BCUT2D eigenvalue weighted by molar-refractivity contribution is -0.0501. The van der Waals surface area contributed by atoms with E-state index in [9.17, 15) is 8.78 Å². The summed E-state index contributed by atoms with van der Waals surface area (Å²) in [5.74, 6) is -0.0266. The fraction of sp³-hybridized carbons (Fsp3) is 0.167. The molecular formula is C6H3BrClF2NO. The molecule has 1 aromatic rings. The van der Waals surface area contributed by atoms with Crippen LogP contribution < -0.4 is 4.74 Å². The van der Waals surface area contributed by atoms with Crippen molar-refractivity contribution in [1.82, 2.24) is 4.98 Å². The molecule has 1 heterocycles. The first-order valence-corrected chi connectivity index (χ1v) is 4.02. The van der Waals surface area contributed by atoms with Crippen molar-refractivity contribution in [3.05, 3.63) is 21.9 Å². The second-order valence-corrected chi connectivity index (χ2v) is 3.03. The van der Waals surface area contributed by atoms with Crippen molar-refractivity contribution < 1.29 is 13.5 Å². The van der Waals surface area contributed by atoms with E-state index in [1.165, 1.54) is 6.07 Å². The number of nitrogens with zero attached hydrogens (tertiary/aromatic N) is 1. The van der Waals surface area contributed by atoms with Crippen LogP contribution in [-0.2, 0) is 0 Å². The Bertz CT molecular complexity index is 284. The molecule has 0 aliphatic carbocycles. The van der Waals surface area contributed by atoms with Crippen LogP contribution in [0.5, 0.6) is 5.75 Å². The Kier molecular flexibility index (Phi) is 3.22. The van der Waals surface area contributed by atoms with Crippen LogP contribution in [0, 0.1) is 0 Å². The van der Waals surface area contributed by atoms with Gasteiger partial charge in [0.25, 0.3) is 0 Å². The minimum Gasteiger partial charge on any atom is -0.433 e. The topological polar surface area (TPSA) is 22.1 Å². The molecule has 0 radical (unpaired) electrons. The van der Waals surface area contributed by atoms with Gasteiger partial charge in [-0.1, -0.05) is 11.6 Å². The molecule has 0 saturated heterocycles. The molecule has 0 saturated carbocycles. The van der Waals surface area contributed by atoms with E-state index in [-0.39, 0.29) is 10.9 Å². The molecule has 0 atom stereocenters. The number of hydrogen-bond acceptors (Lipinski definition) is 2. The van der Waals surface area contributed by atoms with Gasteiger partial charge in [-0.25, -0.2) is 4.98 Å². The van der Waals surface area contributed by atoms with Gasteiger partial charge in [-0.05, 0) is 22.0 Å². The summed E-state index contributed by atoms with van der Waals surface area (Å²) < 4.78 is 27.8. The summed E-state index contributed by atoms with van der Waals surface area (Å²) in [4.78, 5) is 3.59. The third-order valence-electron chi connectivity index (χ3n) is 0.996. The van der Waals surface area contributed by atoms with Crippen LogP contribution >= 0.6 is 27.5 Å². The number of aromatic nitrogens is 1. The summed E-state index contributed by atoms with van der Waals surface area (Å²) in [5, 5.41) is 0.205. The average molecular weight is 258 g/mol. The van der Waals surface area contributed by atoms with Gasteiger partial charge in [0.1, 0.15) is 10.9 Å². The molecule has 66 valence electrons. The van der Waals surface area contributed by atoms with E-state index in [0.29, 0.717) is 4.47 Å². The molecule has 0 aliphatic heterocycles. The minimum atomic E-state index is -2.85. The Labute approximate surface area is 80.6 Å². The van der Waals surface area contributed by atoms with Crippen molar-refractivity contribution in [2.24, 2.45) is 0 Å². The quantitative estimate of drug-likeness (QED) is 0.761. The van der Waals surface area contributed by atoms with Crippen molar-refractivity contribution in [2.75, 3.05) is 0 Å². The second-order valence-electron chi connectivity index (χ2n) is 1.82. The molecule has 6 heteroatoms. The van der Waals surface area contributed by atoms with Gasteiger partial charge < -0.3 is 4.74 Å². The molecule has 0 N–H and O–H groups in total. The van der Waals surface area contributed by atoms with Gasteiger partial charge in [0, 0.05) is 0 Å². The highest BCUT2D eigenvalue weighted by Gasteiger charge is 2.06. The first kappa shape index (κ1) is 9.67.